The minimum absolute atomic E-state index is 0.0235. The average Bonchev–Trinajstić information content (AvgIpc) is 3.19. The lowest BCUT2D eigenvalue weighted by Crippen LogP contribution is -2.57. The number of carboxylic acids is 2. The number of guanidine groups is 1. The summed E-state index contributed by atoms with van der Waals surface area (Å²) in [5, 5.41) is 30.3. The summed E-state index contributed by atoms with van der Waals surface area (Å²) < 4.78 is 5.79. The first-order valence-electron chi connectivity index (χ1n) is 19.7. The number of aliphatic carboxylic acids is 2. The SMILES string of the molecule is CC[C@H]1C(=O)N[C@@H](C(=O)O)[C@H](C)C(=O)N[C@@H](CCCN=C(N)N)C(=O)N[C@@H](C=C/C(C)=C/[C@H](C)[C@H](Cc2ccccc2)OC)[C@H](C)C(=O)N[C@@H](C(=O)O)CCC(=O)N1C. The van der Waals surface area contributed by atoms with Crippen LogP contribution in [-0.2, 0) is 44.7 Å². The standard InChI is InChI=1S/C41H62N8O10/c1-8-31-38(54)48-34(40(57)58)26(5)36(52)46-29(15-12-20-44-41(42)43)37(53)45-28(25(4)35(51)47-30(39(55)56)18-19-33(50)49(31)6)17-16-23(2)21-24(3)32(59-7)22-27-13-10-9-11-14-27/h9-11,13-14,16-17,21,24-26,28-32,34H,8,12,15,18-20,22H2,1-7H3,(H,45,53)(H,46,52)(H,47,51)(H,48,54)(H,55,56)(H,57,58)(H4,42,43,44)/b17-16?,23-21+/t24-,25-,26-,28-,29-,30+,31-,32-,34+/m0/s1. The van der Waals surface area contributed by atoms with Crippen LogP contribution >= 0.6 is 0 Å². The zero-order valence-electron chi connectivity index (χ0n) is 35.0. The monoisotopic (exact) mass is 826 g/mol. The minimum Gasteiger partial charge on any atom is -0.480 e. The molecule has 1 aromatic carbocycles. The molecule has 2 rings (SSSR count). The van der Waals surface area contributed by atoms with Crippen LogP contribution in [0.4, 0.5) is 0 Å². The number of aliphatic imine (C=N–C) groups is 1. The molecule has 0 aromatic heterocycles. The first kappa shape index (κ1) is 49.4. The van der Waals surface area contributed by atoms with Crippen molar-refractivity contribution in [2.45, 2.75) is 109 Å². The summed E-state index contributed by atoms with van der Waals surface area (Å²) in [6.07, 6.45) is 5.26. The molecule has 1 saturated heterocycles. The van der Waals surface area contributed by atoms with Crippen LogP contribution in [0.5, 0.6) is 0 Å². The number of amides is 5. The van der Waals surface area contributed by atoms with Crippen LogP contribution in [0.3, 0.4) is 0 Å². The Morgan fingerprint density at radius 2 is 1.59 bits per heavy atom. The molecule has 0 spiro atoms. The van der Waals surface area contributed by atoms with Crippen molar-refractivity contribution in [2.75, 3.05) is 20.7 Å². The Morgan fingerprint density at radius 3 is 2.17 bits per heavy atom. The zero-order chi connectivity index (χ0) is 44.4. The van der Waals surface area contributed by atoms with Crippen molar-refractivity contribution in [1.29, 1.82) is 0 Å². The molecule has 0 bridgehead atoms. The summed E-state index contributed by atoms with van der Waals surface area (Å²) in [5.41, 5.74) is 12.8. The number of hydrogen-bond donors (Lipinski definition) is 8. The van der Waals surface area contributed by atoms with Crippen molar-refractivity contribution in [3.8, 4) is 0 Å². The second-order valence-corrected chi connectivity index (χ2v) is 14.9. The van der Waals surface area contributed by atoms with E-state index in [0.717, 1.165) is 16.0 Å². The molecule has 1 heterocycles. The second kappa shape index (κ2) is 24.2. The van der Waals surface area contributed by atoms with Gasteiger partial charge in [0.05, 0.1) is 24.0 Å². The molecule has 9 atom stereocenters. The van der Waals surface area contributed by atoms with Gasteiger partial charge in [-0.2, -0.15) is 0 Å². The Bertz CT molecular complexity index is 1710. The van der Waals surface area contributed by atoms with Crippen molar-refractivity contribution >= 4 is 47.4 Å². The third kappa shape index (κ3) is 15.8. The number of likely N-dealkylation sites (N-methyl/N-ethyl adjacent to an activating group) is 1. The van der Waals surface area contributed by atoms with E-state index in [0.29, 0.717) is 6.42 Å². The maximum absolute atomic E-state index is 14.1. The average molecular weight is 827 g/mol. The summed E-state index contributed by atoms with van der Waals surface area (Å²) in [6.45, 7) is 8.27. The van der Waals surface area contributed by atoms with Crippen LogP contribution in [0.25, 0.3) is 0 Å². The summed E-state index contributed by atoms with van der Waals surface area (Å²) in [6, 6.07) is 3.04. The third-order valence-corrected chi connectivity index (χ3v) is 10.4. The van der Waals surface area contributed by atoms with Crippen molar-refractivity contribution < 1.29 is 48.5 Å². The summed E-state index contributed by atoms with van der Waals surface area (Å²) in [7, 11) is 2.95. The quantitative estimate of drug-likeness (QED) is 0.0561. The number of carbonyl (C=O) groups is 7. The van der Waals surface area contributed by atoms with Gasteiger partial charge >= 0.3 is 11.9 Å². The molecular formula is C41H62N8O10. The number of allylic oxidation sites excluding steroid dienone is 2. The van der Waals surface area contributed by atoms with E-state index in [-0.39, 0.29) is 56.6 Å². The number of carboxylic acid groups (broad SMARTS) is 2. The van der Waals surface area contributed by atoms with Gasteiger partial charge < -0.3 is 52.6 Å². The van der Waals surface area contributed by atoms with Crippen molar-refractivity contribution in [1.82, 2.24) is 26.2 Å². The molecule has 5 amide bonds. The van der Waals surface area contributed by atoms with Gasteiger partial charge in [-0.05, 0) is 44.6 Å². The van der Waals surface area contributed by atoms with Gasteiger partial charge in [0.25, 0.3) is 0 Å². The molecule has 1 aliphatic heterocycles. The topological polar surface area (TPSA) is 285 Å². The van der Waals surface area contributed by atoms with E-state index in [1.165, 1.54) is 20.9 Å². The van der Waals surface area contributed by atoms with Gasteiger partial charge in [-0.3, -0.25) is 29.0 Å². The van der Waals surface area contributed by atoms with Crippen LogP contribution in [0.1, 0.15) is 72.3 Å². The first-order valence-corrected chi connectivity index (χ1v) is 19.7. The predicted octanol–water partition coefficient (Wildman–Crippen LogP) is 0.848. The molecule has 18 nitrogen and oxygen atoms in total. The highest BCUT2D eigenvalue weighted by Gasteiger charge is 2.37. The molecule has 18 heteroatoms. The van der Waals surface area contributed by atoms with Crippen molar-refractivity contribution in [2.24, 2.45) is 34.2 Å². The van der Waals surface area contributed by atoms with E-state index in [2.05, 4.69) is 26.3 Å². The van der Waals surface area contributed by atoms with Crippen LogP contribution in [0, 0.1) is 17.8 Å². The van der Waals surface area contributed by atoms with E-state index < -0.39 is 83.5 Å². The molecule has 1 fully saturated rings. The smallest absolute Gasteiger partial charge is 0.327 e. The Morgan fingerprint density at radius 1 is 0.949 bits per heavy atom. The van der Waals surface area contributed by atoms with Gasteiger partial charge in [0.15, 0.2) is 5.96 Å². The number of nitrogens with zero attached hydrogens (tertiary/aromatic N) is 2. The zero-order valence-corrected chi connectivity index (χ0v) is 35.0. The predicted molar refractivity (Wildman–Crippen MR) is 220 cm³/mol. The number of methoxy groups -OCH3 is 1. The summed E-state index contributed by atoms with van der Waals surface area (Å²) >= 11 is 0. The van der Waals surface area contributed by atoms with Gasteiger partial charge in [-0.15, -0.1) is 0 Å². The molecule has 0 saturated carbocycles. The molecular weight excluding hydrogens is 764 g/mol. The molecule has 1 aliphatic rings. The largest absolute Gasteiger partial charge is 0.480 e. The first-order chi connectivity index (χ1) is 27.8. The normalized spacial score (nSPS) is 25.6. The minimum atomic E-state index is -1.76. The number of nitrogens with two attached hydrogens (primary N) is 2. The molecule has 1 aromatic rings. The maximum atomic E-state index is 14.1. The number of nitrogens with one attached hydrogen (secondary N) is 4. The highest BCUT2D eigenvalue weighted by atomic mass is 16.5. The Labute approximate surface area is 345 Å². The second-order valence-electron chi connectivity index (χ2n) is 14.9. The molecule has 59 heavy (non-hydrogen) atoms. The fourth-order valence-electron chi connectivity index (χ4n) is 6.62. The Balaban J connectivity index is 2.62. The van der Waals surface area contributed by atoms with E-state index in [1.807, 2.05) is 50.3 Å². The van der Waals surface area contributed by atoms with Crippen LogP contribution in [0.2, 0.25) is 0 Å². The summed E-state index contributed by atoms with van der Waals surface area (Å²) in [4.78, 5) is 97.8. The van der Waals surface area contributed by atoms with Crippen molar-refractivity contribution in [3.63, 3.8) is 0 Å². The maximum Gasteiger partial charge on any atom is 0.327 e. The lowest BCUT2D eigenvalue weighted by atomic mass is 9.94. The number of ether oxygens (including phenoxy) is 1. The molecule has 10 N–H and O–H groups in total. The molecule has 0 radical (unpaired) electrons. The fraction of sp³-hybridized carbons (Fsp3) is 0.561. The number of benzene rings is 1. The Hall–Kier alpha value is -5.78. The lowest BCUT2D eigenvalue weighted by molar-refractivity contribution is -0.148. The molecule has 326 valence electrons. The van der Waals surface area contributed by atoms with Gasteiger partial charge in [0.1, 0.15) is 24.2 Å². The number of hydrogen-bond acceptors (Lipinski definition) is 9. The highest BCUT2D eigenvalue weighted by molar-refractivity contribution is 5.95. The Kier molecular flexibility index (Phi) is 20.3. The number of carbonyl (C=O) groups excluding carboxylic acids is 5. The van der Waals surface area contributed by atoms with Gasteiger partial charge in [0.2, 0.25) is 29.5 Å². The van der Waals surface area contributed by atoms with Gasteiger partial charge in [0, 0.05) is 33.0 Å². The van der Waals surface area contributed by atoms with Crippen LogP contribution in [-0.4, -0.2) is 120 Å². The van der Waals surface area contributed by atoms with E-state index in [1.54, 1.807) is 26.2 Å². The number of rotatable bonds is 14. The molecule has 0 aliphatic carbocycles. The fourth-order valence-corrected chi connectivity index (χ4v) is 6.62. The lowest BCUT2D eigenvalue weighted by Gasteiger charge is -2.29. The van der Waals surface area contributed by atoms with Crippen LogP contribution < -0.4 is 32.7 Å². The van der Waals surface area contributed by atoms with Gasteiger partial charge in [-0.25, -0.2) is 9.59 Å². The van der Waals surface area contributed by atoms with E-state index in [4.69, 9.17) is 16.2 Å². The van der Waals surface area contributed by atoms with Crippen LogP contribution in [0.15, 0.2) is 59.1 Å². The third-order valence-electron chi connectivity index (χ3n) is 10.4. The van der Waals surface area contributed by atoms with Gasteiger partial charge in [-0.1, -0.05) is 81.8 Å². The highest BCUT2D eigenvalue weighted by Crippen LogP contribution is 2.19. The van der Waals surface area contributed by atoms with Crippen molar-refractivity contribution in [3.05, 3.63) is 59.7 Å². The molecule has 0 unspecified atom stereocenters. The van der Waals surface area contributed by atoms with E-state index in [9.17, 15) is 43.8 Å². The van der Waals surface area contributed by atoms with E-state index >= 15 is 0 Å². The summed E-state index contributed by atoms with van der Waals surface area (Å²) in [5.74, 6) is -9.57.